The van der Waals surface area contributed by atoms with Gasteiger partial charge >= 0.3 is 6.03 Å². The molecule has 0 spiro atoms. The van der Waals surface area contributed by atoms with Gasteiger partial charge in [0.25, 0.3) is 0 Å². The molecule has 1 aromatic carbocycles. The zero-order valence-corrected chi connectivity index (χ0v) is 17.9. The minimum absolute atomic E-state index is 0.0444. The van der Waals surface area contributed by atoms with Crippen LogP contribution in [0.25, 0.3) is 0 Å². The van der Waals surface area contributed by atoms with Crippen molar-refractivity contribution in [2.75, 3.05) is 31.5 Å². The first kappa shape index (κ1) is 21.4. The molecular weight excluding hydrogens is 436 g/mol. The van der Waals surface area contributed by atoms with Crippen LogP contribution < -0.4 is 16.0 Å². The van der Waals surface area contributed by atoms with Gasteiger partial charge in [0.05, 0.1) is 12.3 Å². The number of anilines is 1. The van der Waals surface area contributed by atoms with Crippen LogP contribution >= 0.6 is 15.9 Å². The number of halogens is 1. The van der Waals surface area contributed by atoms with Crippen LogP contribution in [-0.4, -0.2) is 43.0 Å². The Labute approximate surface area is 179 Å². The van der Waals surface area contributed by atoms with E-state index in [0.29, 0.717) is 12.2 Å². The first-order chi connectivity index (χ1) is 14.1. The van der Waals surface area contributed by atoms with Crippen molar-refractivity contribution in [2.45, 2.75) is 31.7 Å². The number of piperidine rings is 1. The van der Waals surface area contributed by atoms with E-state index in [-0.39, 0.29) is 30.9 Å². The number of furan rings is 1. The maximum Gasteiger partial charge on any atom is 0.319 e. The van der Waals surface area contributed by atoms with Crippen LogP contribution in [0.3, 0.4) is 0 Å². The number of amides is 3. The lowest BCUT2D eigenvalue weighted by Gasteiger charge is -2.33. The molecule has 3 amide bonds. The van der Waals surface area contributed by atoms with Crippen molar-refractivity contribution in [1.82, 2.24) is 15.5 Å². The first-order valence-corrected chi connectivity index (χ1v) is 10.8. The molecule has 1 aliphatic heterocycles. The van der Waals surface area contributed by atoms with Crippen LogP contribution in [0.1, 0.15) is 37.5 Å². The van der Waals surface area contributed by atoms with Gasteiger partial charge in [-0.25, -0.2) is 4.79 Å². The molecule has 2 aromatic rings. The van der Waals surface area contributed by atoms with E-state index in [1.807, 2.05) is 24.3 Å². The van der Waals surface area contributed by atoms with Crippen LogP contribution in [0.5, 0.6) is 0 Å². The summed E-state index contributed by atoms with van der Waals surface area (Å²) in [5, 5.41) is 8.42. The largest absolute Gasteiger partial charge is 0.468 e. The molecule has 1 fully saturated rings. The number of nitrogens with zero attached hydrogens (tertiary/aromatic N) is 1. The van der Waals surface area contributed by atoms with Crippen molar-refractivity contribution in [1.29, 1.82) is 0 Å². The van der Waals surface area contributed by atoms with Gasteiger partial charge in [-0.1, -0.05) is 22.4 Å². The molecule has 0 radical (unpaired) electrons. The number of carbonyl (C=O) groups excluding carboxylic acids is 2. The number of urea groups is 1. The van der Waals surface area contributed by atoms with E-state index >= 15 is 0 Å². The third-order valence-electron chi connectivity index (χ3n) is 4.94. The molecule has 1 aromatic heterocycles. The maximum atomic E-state index is 12.2. The third kappa shape index (κ3) is 6.90. The van der Waals surface area contributed by atoms with Crippen molar-refractivity contribution in [2.24, 2.45) is 0 Å². The van der Waals surface area contributed by atoms with Gasteiger partial charge in [0.1, 0.15) is 5.76 Å². The van der Waals surface area contributed by atoms with E-state index in [4.69, 9.17) is 4.42 Å². The van der Waals surface area contributed by atoms with E-state index in [1.165, 1.54) is 19.3 Å². The van der Waals surface area contributed by atoms with Gasteiger partial charge in [-0.15, -0.1) is 0 Å². The number of rotatable bonds is 8. The predicted octanol–water partition coefficient (Wildman–Crippen LogP) is 3.90. The van der Waals surface area contributed by atoms with Gasteiger partial charge in [0, 0.05) is 29.7 Å². The number of hydrogen-bond acceptors (Lipinski definition) is 4. The van der Waals surface area contributed by atoms with Gasteiger partial charge in [-0.3, -0.25) is 9.69 Å². The zero-order chi connectivity index (χ0) is 20.5. The standard InChI is InChI=1S/C21H27BrN4O3/c22-16-6-8-17(9-7-16)25-21(28)23-11-10-20(27)24-15-18(19-5-4-14-29-19)26-12-2-1-3-13-26/h4-9,14,18H,1-3,10-13,15H2,(H,24,27)(H2,23,25,28). The van der Waals surface area contributed by atoms with Crippen molar-refractivity contribution in [3.05, 3.63) is 52.9 Å². The summed E-state index contributed by atoms with van der Waals surface area (Å²) in [5.41, 5.74) is 0.693. The van der Waals surface area contributed by atoms with E-state index in [1.54, 1.807) is 18.4 Å². The maximum absolute atomic E-state index is 12.2. The van der Waals surface area contributed by atoms with Crippen molar-refractivity contribution >= 4 is 33.6 Å². The second-order valence-electron chi connectivity index (χ2n) is 7.07. The number of hydrogen-bond donors (Lipinski definition) is 3. The molecule has 0 aliphatic carbocycles. The van der Waals surface area contributed by atoms with Crippen molar-refractivity contribution in [3.63, 3.8) is 0 Å². The van der Waals surface area contributed by atoms with Crippen LogP contribution in [-0.2, 0) is 4.79 Å². The molecule has 0 saturated carbocycles. The predicted molar refractivity (Wildman–Crippen MR) is 116 cm³/mol. The van der Waals surface area contributed by atoms with Crippen molar-refractivity contribution < 1.29 is 14.0 Å². The van der Waals surface area contributed by atoms with Gasteiger partial charge in [-0.2, -0.15) is 0 Å². The molecule has 29 heavy (non-hydrogen) atoms. The number of carbonyl (C=O) groups is 2. The Bertz CT molecular complexity index is 774. The van der Waals surface area contributed by atoms with Crippen LogP contribution in [0.4, 0.5) is 10.5 Å². The van der Waals surface area contributed by atoms with Gasteiger partial charge in [-0.05, 0) is 62.3 Å². The van der Waals surface area contributed by atoms with E-state index in [0.717, 1.165) is 23.3 Å². The molecule has 3 N–H and O–H groups in total. The molecule has 156 valence electrons. The number of benzene rings is 1. The molecular formula is C21H27BrN4O3. The van der Waals surface area contributed by atoms with Gasteiger partial charge in [0.2, 0.25) is 5.91 Å². The molecule has 1 unspecified atom stereocenters. The molecule has 8 heteroatoms. The summed E-state index contributed by atoms with van der Waals surface area (Å²) in [5.74, 6) is 0.779. The minimum Gasteiger partial charge on any atom is -0.468 e. The fourth-order valence-corrected chi connectivity index (χ4v) is 3.68. The summed E-state index contributed by atoms with van der Waals surface area (Å²) in [6.45, 7) is 2.79. The van der Waals surface area contributed by atoms with Crippen LogP contribution in [0.15, 0.2) is 51.6 Å². The highest BCUT2D eigenvalue weighted by atomic mass is 79.9. The Morgan fingerprint density at radius 3 is 2.52 bits per heavy atom. The topological polar surface area (TPSA) is 86.6 Å². The zero-order valence-electron chi connectivity index (χ0n) is 16.3. The Hall–Kier alpha value is -2.32. The fourth-order valence-electron chi connectivity index (χ4n) is 3.42. The highest BCUT2D eigenvalue weighted by Gasteiger charge is 2.24. The molecule has 1 atom stereocenters. The van der Waals surface area contributed by atoms with E-state index in [9.17, 15) is 9.59 Å². The average Bonchev–Trinajstić information content (AvgIpc) is 3.25. The highest BCUT2D eigenvalue weighted by Crippen LogP contribution is 2.24. The van der Waals surface area contributed by atoms with Crippen molar-refractivity contribution in [3.8, 4) is 0 Å². The summed E-state index contributed by atoms with van der Waals surface area (Å²) in [7, 11) is 0. The third-order valence-corrected chi connectivity index (χ3v) is 5.46. The molecule has 7 nitrogen and oxygen atoms in total. The monoisotopic (exact) mass is 462 g/mol. The smallest absolute Gasteiger partial charge is 0.319 e. The summed E-state index contributed by atoms with van der Waals surface area (Å²) in [4.78, 5) is 26.5. The lowest BCUT2D eigenvalue weighted by Crippen LogP contribution is -2.41. The van der Waals surface area contributed by atoms with E-state index < -0.39 is 0 Å². The molecule has 1 saturated heterocycles. The Morgan fingerprint density at radius 2 is 1.83 bits per heavy atom. The molecule has 1 aliphatic rings. The van der Waals surface area contributed by atoms with E-state index in [2.05, 4.69) is 36.8 Å². The number of nitrogens with one attached hydrogen (secondary N) is 3. The summed E-state index contributed by atoms with van der Waals surface area (Å²) in [6.07, 6.45) is 5.48. The normalized spacial score (nSPS) is 15.5. The molecule has 2 heterocycles. The lowest BCUT2D eigenvalue weighted by atomic mass is 10.1. The Morgan fingerprint density at radius 1 is 1.07 bits per heavy atom. The summed E-state index contributed by atoms with van der Waals surface area (Å²) < 4.78 is 6.54. The van der Waals surface area contributed by atoms with Crippen LogP contribution in [0, 0.1) is 0 Å². The second kappa shape index (κ2) is 11.0. The average molecular weight is 463 g/mol. The minimum atomic E-state index is -0.332. The SMILES string of the molecule is O=C(CCNC(=O)Nc1ccc(Br)cc1)NCC(c1ccco1)N1CCCCC1. The Kier molecular flexibility index (Phi) is 8.13. The molecule has 3 rings (SSSR count). The van der Waals surface area contributed by atoms with Crippen LogP contribution in [0.2, 0.25) is 0 Å². The van der Waals surface area contributed by atoms with Gasteiger partial charge in [0.15, 0.2) is 0 Å². The fraction of sp³-hybridized carbons (Fsp3) is 0.429. The molecule has 0 bridgehead atoms. The highest BCUT2D eigenvalue weighted by molar-refractivity contribution is 9.10. The lowest BCUT2D eigenvalue weighted by molar-refractivity contribution is -0.121. The second-order valence-corrected chi connectivity index (χ2v) is 7.99. The summed E-state index contributed by atoms with van der Waals surface area (Å²) in [6, 6.07) is 10.8. The van der Waals surface area contributed by atoms with Gasteiger partial charge < -0.3 is 20.4 Å². The number of likely N-dealkylation sites (tertiary alicyclic amines) is 1. The summed E-state index contributed by atoms with van der Waals surface area (Å²) >= 11 is 3.35. The first-order valence-electron chi connectivity index (χ1n) is 9.96. The quantitative estimate of drug-likeness (QED) is 0.555. The Balaban J connectivity index is 1.40.